The number of hydrogen-bond donors (Lipinski definition) is 2. The smallest absolute Gasteiger partial charge is 0.193 e. The van der Waals surface area contributed by atoms with Gasteiger partial charge in [0.05, 0.1) is 12.7 Å². The summed E-state index contributed by atoms with van der Waals surface area (Å²) >= 11 is 2.09. The molecule has 0 fully saturated rings. The lowest BCUT2D eigenvalue weighted by Crippen LogP contribution is -2.52. The first-order valence-electron chi connectivity index (χ1n) is 5.76. The lowest BCUT2D eigenvalue weighted by atomic mass is 10.0. The maximum Gasteiger partial charge on any atom is 0.193 e. The second-order valence-corrected chi connectivity index (χ2v) is 11.6. The summed E-state index contributed by atoms with van der Waals surface area (Å²) < 4.78 is 7.95. The lowest BCUT2D eigenvalue weighted by Gasteiger charge is -2.42. The van der Waals surface area contributed by atoms with Crippen molar-refractivity contribution in [3.63, 3.8) is 0 Å². The molecule has 0 aromatic rings. The van der Waals surface area contributed by atoms with E-state index in [1.165, 1.54) is 0 Å². The van der Waals surface area contributed by atoms with Crippen molar-refractivity contribution >= 4 is 30.9 Å². The third-order valence-electron chi connectivity index (χ3n) is 3.41. The first kappa shape index (κ1) is 17.6. The first-order chi connectivity index (χ1) is 7.48. The Morgan fingerprint density at radius 2 is 1.76 bits per heavy atom. The Morgan fingerprint density at radius 3 is 2.06 bits per heavy atom. The average Bonchev–Trinajstić information content (AvgIpc) is 2.15. The Labute approximate surface area is 120 Å². The molecule has 5 heteroatoms. The van der Waals surface area contributed by atoms with E-state index in [9.17, 15) is 10.2 Å². The van der Waals surface area contributed by atoms with Crippen LogP contribution in [0.3, 0.4) is 0 Å². The average molecular weight is 372 g/mol. The van der Waals surface area contributed by atoms with Crippen LogP contribution < -0.4 is 0 Å². The van der Waals surface area contributed by atoms with Crippen LogP contribution in [0.2, 0.25) is 18.1 Å². The van der Waals surface area contributed by atoms with Crippen molar-refractivity contribution in [1.29, 1.82) is 0 Å². The topological polar surface area (TPSA) is 49.7 Å². The molecule has 0 aliphatic carbocycles. The van der Waals surface area contributed by atoms with Gasteiger partial charge in [-0.05, 0) is 35.2 Å². The van der Waals surface area contributed by atoms with Crippen LogP contribution in [0.1, 0.15) is 27.7 Å². The molecule has 0 rings (SSSR count). The van der Waals surface area contributed by atoms with Crippen molar-refractivity contribution in [2.75, 3.05) is 6.61 Å². The van der Waals surface area contributed by atoms with Gasteiger partial charge in [-0.2, -0.15) is 0 Å². The van der Waals surface area contributed by atoms with E-state index < -0.39 is 20.0 Å². The van der Waals surface area contributed by atoms with E-state index >= 15 is 0 Å². The number of halogens is 1. The predicted octanol–water partition coefficient (Wildman–Crippen LogP) is 3.07. The second-order valence-electron chi connectivity index (χ2n) is 6.13. The zero-order chi connectivity index (χ0) is 13.9. The van der Waals surface area contributed by atoms with E-state index in [4.69, 9.17) is 4.43 Å². The number of aliphatic hydroxyl groups is 2. The molecule has 0 spiro atoms. The van der Waals surface area contributed by atoms with E-state index in [-0.39, 0.29) is 11.6 Å². The normalized spacial score (nSPS) is 19.4. The molecule has 0 saturated carbocycles. The molecule has 2 atom stereocenters. The summed E-state index contributed by atoms with van der Waals surface area (Å²) in [5.41, 5.74) is -1.24. The van der Waals surface area contributed by atoms with Gasteiger partial charge in [0.25, 0.3) is 0 Å². The van der Waals surface area contributed by atoms with E-state index in [1.807, 2.05) is 4.08 Å². The fourth-order valence-corrected chi connectivity index (χ4v) is 2.72. The highest BCUT2D eigenvalue weighted by molar-refractivity contribution is 14.1. The van der Waals surface area contributed by atoms with Crippen molar-refractivity contribution in [3.05, 3.63) is 10.2 Å². The Kier molecular flexibility index (Phi) is 6.35. The molecular formula is C12H25IO3Si. The van der Waals surface area contributed by atoms with Gasteiger partial charge < -0.3 is 14.6 Å². The molecule has 0 heterocycles. The molecule has 0 radical (unpaired) electrons. The van der Waals surface area contributed by atoms with E-state index in [0.717, 1.165) is 0 Å². The summed E-state index contributed by atoms with van der Waals surface area (Å²) in [6, 6.07) is 0. The third kappa shape index (κ3) is 4.98. The molecule has 0 aliphatic rings. The Morgan fingerprint density at radius 1 is 1.29 bits per heavy atom. The van der Waals surface area contributed by atoms with Crippen LogP contribution in [-0.4, -0.2) is 36.8 Å². The molecule has 0 aromatic carbocycles. The lowest BCUT2D eigenvalue weighted by molar-refractivity contribution is -0.0666. The summed E-state index contributed by atoms with van der Waals surface area (Å²) in [5.74, 6) is 0. The maximum atomic E-state index is 10.1. The van der Waals surface area contributed by atoms with Gasteiger partial charge in [0.15, 0.2) is 8.32 Å². The van der Waals surface area contributed by atoms with E-state index in [0.29, 0.717) is 0 Å². The number of hydrogen-bond acceptors (Lipinski definition) is 3. The minimum absolute atomic E-state index is 0.0793. The SMILES string of the molecule is CC(C)(C)[Si](C)(C)O[C@H](/C=C/I)[C@@](C)(O)CO. The van der Waals surface area contributed by atoms with Crippen LogP contribution in [0.15, 0.2) is 10.2 Å². The molecule has 0 unspecified atom stereocenters. The van der Waals surface area contributed by atoms with Crippen LogP contribution in [0, 0.1) is 0 Å². The van der Waals surface area contributed by atoms with Crippen molar-refractivity contribution in [2.24, 2.45) is 0 Å². The van der Waals surface area contributed by atoms with Gasteiger partial charge in [0.1, 0.15) is 5.60 Å². The number of rotatable bonds is 5. The van der Waals surface area contributed by atoms with Crippen LogP contribution in [-0.2, 0) is 4.43 Å². The summed E-state index contributed by atoms with van der Waals surface area (Å²) in [4.78, 5) is 0. The van der Waals surface area contributed by atoms with Crippen LogP contribution in [0.5, 0.6) is 0 Å². The van der Waals surface area contributed by atoms with Crippen LogP contribution in [0.4, 0.5) is 0 Å². The van der Waals surface area contributed by atoms with Gasteiger partial charge in [0.2, 0.25) is 0 Å². The molecule has 0 amide bonds. The minimum Gasteiger partial charge on any atom is -0.407 e. The van der Waals surface area contributed by atoms with E-state index in [2.05, 4.69) is 56.5 Å². The quantitative estimate of drug-likeness (QED) is 0.576. The molecular weight excluding hydrogens is 347 g/mol. The highest BCUT2D eigenvalue weighted by Crippen LogP contribution is 2.38. The van der Waals surface area contributed by atoms with E-state index in [1.54, 1.807) is 13.0 Å². The Hall–Kier alpha value is 0.567. The van der Waals surface area contributed by atoms with Gasteiger partial charge in [-0.3, -0.25) is 0 Å². The standard InChI is InChI=1S/C12H25IO3Si/c1-11(2,3)17(5,6)16-10(7-8-13)12(4,15)9-14/h7-8,10,14-15H,9H2,1-6H3/b8-7+/t10-,12+/m1/s1. The fraction of sp³-hybridized carbons (Fsp3) is 0.833. The van der Waals surface area contributed by atoms with Crippen molar-refractivity contribution in [1.82, 2.24) is 0 Å². The minimum atomic E-state index is -1.96. The summed E-state index contributed by atoms with van der Waals surface area (Å²) in [6.45, 7) is 12.0. The molecule has 0 bridgehead atoms. The van der Waals surface area contributed by atoms with Crippen molar-refractivity contribution in [2.45, 2.75) is 57.5 Å². The summed E-state index contributed by atoms with van der Waals surface area (Å²) in [6.07, 6.45) is 1.34. The molecule has 17 heavy (non-hydrogen) atoms. The molecule has 102 valence electrons. The Bertz CT molecular complexity index is 269. The summed E-state index contributed by atoms with van der Waals surface area (Å²) in [7, 11) is -1.96. The molecule has 0 saturated heterocycles. The highest BCUT2D eigenvalue weighted by atomic mass is 127. The monoisotopic (exact) mass is 372 g/mol. The first-order valence-corrected chi connectivity index (χ1v) is 9.91. The zero-order valence-electron chi connectivity index (χ0n) is 11.6. The Balaban J connectivity index is 5.03. The second kappa shape index (κ2) is 6.14. The van der Waals surface area contributed by atoms with Crippen LogP contribution in [0.25, 0.3) is 0 Å². The summed E-state index contributed by atoms with van der Waals surface area (Å²) in [5, 5.41) is 19.5. The fourth-order valence-electron chi connectivity index (χ4n) is 1.02. The maximum absolute atomic E-state index is 10.1. The highest BCUT2D eigenvalue weighted by Gasteiger charge is 2.42. The zero-order valence-corrected chi connectivity index (χ0v) is 14.8. The van der Waals surface area contributed by atoms with Crippen molar-refractivity contribution in [3.8, 4) is 0 Å². The number of aliphatic hydroxyl groups excluding tert-OH is 1. The molecule has 3 nitrogen and oxygen atoms in total. The third-order valence-corrected chi connectivity index (χ3v) is 8.28. The van der Waals surface area contributed by atoms with Gasteiger partial charge >= 0.3 is 0 Å². The molecule has 0 aliphatic heterocycles. The molecule has 0 aromatic heterocycles. The largest absolute Gasteiger partial charge is 0.407 e. The van der Waals surface area contributed by atoms with Gasteiger partial charge in [-0.25, -0.2) is 0 Å². The van der Waals surface area contributed by atoms with Gasteiger partial charge in [0, 0.05) is 0 Å². The molecule has 2 N–H and O–H groups in total. The van der Waals surface area contributed by atoms with Crippen molar-refractivity contribution < 1.29 is 14.6 Å². The van der Waals surface area contributed by atoms with Gasteiger partial charge in [-0.1, -0.05) is 43.4 Å². The predicted molar refractivity (Wildman–Crippen MR) is 82.9 cm³/mol. The van der Waals surface area contributed by atoms with Gasteiger partial charge in [-0.15, -0.1) is 0 Å². The van der Waals surface area contributed by atoms with Crippen LogP contribution >= 0.6 is 22.6 Å².